The van der Waals surface area contributed by atoms with Gasteiger partial charge in [-0.15, -0.1) is 11.3 Å². The van der Waals surface area contributed by atoms with Gasteiger partial charge in [-0.3, -0.25) is 14.2 Å². The third-order valence-corrected chi connectivity index (χ3v) is 4.37. The molecule has 0 spiro atoms. The van der Waals surface area contributed by atoms with Crippen LogP contribution in [0.4, 0.5) is 0 Å². The van der Waals surface area contributed by atoms with Gasteiger partial charge < -0.3 is 10.2 Å². The molecule has 1 atom stereocenters. The van der Waals surface area contributed by atoms with E-state index in [2.05, 4.69) is 15.5 Å². The highest BCUT2D eigenvalue weighted by molar-refractivity contribution is 7.17. The zero-order valence-electron chi connectivity index (χ0n) is 12.1. The van der Waals surface area contributed by atoms with Gasteiger partial charge in [0, 0.05) is 6.42 Å². The fraction of sp³-hybridized carbons (Fsp3) is 0.429. The Hall–Kier alpha value is -2.22. The monoisotopic (exact) mass is 320 g/mol. The molecular weight excluding hydrogens is 304 g/mol. The van der Waals surface area contributed by atoms with Gasteiger partial charge >= 0.3 is 0 Å². The Kier molecular flexibility index (Phi) is 4.19. The van der Waals surface area contributed by atoms with Crippen LogP contribution in [0.1, 0.15) is 19.8 Å². The first-order chi connectivity index (χ1) is 10.7. The van der Waals surface area contributed by atoms with Crippen LogP contribution in [0, 0.1) is 0 Å². The Balaban J connectivity index is 1.57. The van der Waals surface area contributed by atoms with Gasteiger partial charge in [0.2, 0.25) is 5.91 Å². The van der Waals surface area contributed by atoms with Crippen LogP contribution < -0.4 is 10.9 Å². The average molecular weight is 320 g/mol. The molecule has 0 aliphatic carbocycles. The quantitative estimate of drug-likeness (QED) is 0.895. The summed E-state index contributed by atoms with van der Waals surface area (Å²) in [6.07, 6.45) is 2.88. The minimum Gasteiger partial charge on any atom is -0.390 e. The molecule has 0 saturated heterocycles. The number of thiophene rings is 1. The second kappa shape index (κ2) is 6.27. The summed E-state index contributed by atoms with van der Waals surface area (Å²) in [5.74, 6) is -0.242. The van der Waals surface area contributed by atoms with E-state index >= 15 is 0 Å². The Morgan fingerprint density at radius 3 is 3.23 bits per heavy atom. The lowest BCUT2D eigenvalue weighted by Gasteiger charge is -2.10. The topological polar surface area (TPSA) is 85.6 Å². The van der Waals surface area contributed by atoms with Crippen LogP contribution in [0.2, 0.25) is 0 Å². The summed E-state index contributed by atoms with van der Waals surface area (Å²) in [4.78, 5) is 33.5. The lowest BCUT2D eigenvalue weighted by molar-refractivity contribution is -0.122. The largest absolute Gasteiger partial charge is 0.390 e. The summed E-state index contributed by atoms with van der Waals surface area (Å²) in [7, 11) is 0. The maximum atomic E-state index is 12.2. The van der Waals surface area contributed by atoms with Crippen LogP contribution in [0.15, 0.2) is 27.7 Å². The molecule has 0 radical (unpaired) electrons. The zero-order valence-corrected chi connectivity index (χ0v) is 12.9. The number of nitrogens with one attached hydrogen (secondary N) is 1. The Labute approximate surface area is 130 Å². The summed E-state index contributed by atoms with van der Waals surface area (Å²) < 4.78 is 1.88. The lowest BCUT2D eigenvalue weighted by Crippen LogP contribution is -2.36. The number of oxime groups is 1. The van der Waals surface area contributed by atoms with Gasteiger partial charge in [0.15, 0.2) is 0 Å². The van der Waals surface area contributed by atoms with Crippen molar-refractivity contribution in [1.29, 1.82) is 0 Å². The molecule has 2 aromatic rings. The van der Waals surface area contributed by atoms with E-state index in [9.17, 15) is 9.59 Å². The van der Waals surface area contributed by atoms with Crippen LogP contribution in [-0.4, -0.2) is 33.8 Å². The summed E-state index contributed by atoms with van der Waals surface area (Å²) in [6.45, 7) is 2.35. The van der Waals surface area contributed by atoms with Crippen molar-refractivity contribution in [2.24, 2.45) is 5.16 Å². The van der Waals surface area contributed by atoms with Crippen molar-refractivity contribution >= 4 is 33.2 Å². The van der Waals surface area contributed by atoms with E-state index in [0.717, 1.165) is 18.6 Å². The zero-order chi connectivity index (χ0) is 15.5. The minimum atomic E-state index is -0.242. The van der Waals surface area contributed by atoms with Crippen LogP contribution in [0.3, 0.4) is 0 Å². The molecule has 8 heteroatoms. The highest BCUT2D eigenvalue weighted by Gasteiger charge is 2.20. The number of hydrogen-bond donors (Lipinski definition) is 1. The van der Waals surface area contributed by atoms with E-state index in [4.69, 9.17) is 4.84 Å². The molecule has 3 rings (SSSR count). The number of hydrogen-bond acceptors (Lipinski definition) is 6. The third kappa shape index (κ3) is 3.01. The molecule has 2 aromatic heterocycles. The molecule has 1 N–H and O–H groups in total. The van der Waals surface area contributed by atoms with Crippen molar-refractivity contribution in [2.45, 2.75) is 32.4 Å². The smallest absolute Gasteiger partial charge is 0.271 e. The van der Waals surface area contributed by atoms with Crippen LogP contribution >= 0.6 is 11.3 Å². The van der Waals surface area contributed by atoms with Crippen molar-refractivity contribution in [3.8, 4) is 0 Å². The van der Waals surface area contributed by atoms with Crippen molar-refractivity contribution in [2.75, 3.05) is 6.54 Å². The van der Waals surface area contributed by atoms with E-state index in [1.807, 2.05) is 12.3 Å². The molecule has 0 bridgehead atoms. The molecule has 3 heterocycles. The number of rotatable bonds is 5. The van der Waals surface area contributed by atoms with Crippen LogP contribution in [0.25, 0.3) is 10.2 Å². The summed E-state index contributed by atoms with van der Waals surface area (Å²) in [5, 5.41) is 8.52. The average Bonchev–Trinajstić information content (AvgIpc) is 3.17. The number of carbonyl (C=O) groups is 1. The van der Waals surface area contributed by atoms with Gasteiger partial charge in [-0.1, -0.05) is 12.1 Å². The summed E-state index contributed by atoms with van der Waals surface area (Å²) >= 11 is 1.33. The molecule has 7 nitrogen and oxygen atoms in total. The standard InChI is InChI=1S/C14H16N4O3S/c1-2-9-5-10(21-17-9)6-15-12(19)7-18-8-16-11-3-4-22-13(11)14(18)20/h3-4,8,10H,2,5-7H2,1H3,(H,15,19). The van der Waals surface area contributed by atoms with Crippen LogP contribution in [-0.2, 0) is 16.2 Å². The number of nitrogens with zero attached hydrogens (tertiary/aromatic N) is 3. The number of aromatic nitrogens is 2. The second-order valence-corrected chi connectivity index (χ2v) is 5.98. The van der Waals surface area contributed by atoms with Crippen molar-refractivity contribution < 1.29 is 9.63 Å². The molecule has 1 aliphatic heterocycles. The van der Waals surface area contributed by atoms with E-state index < -0.39 is 0 Å². The predicted molar refractivity (Wildman–Crippen MR) is 84.1 cm³/mol. The van der Waals surface area contributed by atoms with Crippen LogP contribution in [0.5, 0.6) is 0 Å². The molecule has 0 saturated carbocycles. The fourth-order valence-corrected chi connectivity index (χ4v) is 3.03. The fourth-order valence-electron chi connectivity index (χ4n) is 2.23. The first kappa shape index (κ1) is 14.7. The van der Waals surface area contributed by atoms with Gasteiger partial charge in [0.05, 0.1) is 24.1 Å². The molecule has 0 fully saturated rings. The summed E-state index contributed by atoms with van der Waals surface area (Å²) in [6, 6.07) is 1.79. The highest BCUT2D eigenvalue weighted by atomic mass is 32.1. The Bertz CT molecular complexity index is 780. The first-order valence-corrected chi connectivity index (χ1v) is 7.96. The van der Waals surface area contributed by atoms with E-state index in [-0.39, 0.29) is 24.1 Å². The molecule has 116 valence electrons. The van der Waals surface area contributed by atoms with E-state index in [1.165, 1.54) is 22.2 Å². The SMILES string of the molecule is CCC1=NOC(CNC(=O)Cn2cnc3ccsc3c2=O)C1. The van der Waals surface area contributed by atoms with E-state index in [0.29, 0.717) is 16.8 Å². The van der Waals surface area contributed by atoms with Gasteiger partial charge in [-0.05, 0) is 17.9 Å². The maximum absolute atomic E-state index is 12.2. The molecular formula is C14H16N4O3S. The number of fused-ring (bicyclic) bond motifs is 1. The molecule has 22 heavy (non-hydrogen) atoms. The molecule has 1 amide bonds. The van der Waals surface area contributed by atoms with Gasteiger partial charge in [0.1, 0.15) is 17.3 Å². The predicted octanol–water partition coefficient (Wildman–Crippen LogP) is 1.13. The minimum absolute atomic E-state index is 0.0477. The van der Waals surface area contributed by atoms with E-state index in [1.54, 1.807) is 6.07 Å². The number of carbonyl (C=O) groups excluding carboxylic acids is 1. The van der Waals surface area contributed by atoms with Gasteiger partial charge in [0.25, 0.3) is 5.56 Å². The molecule has 1 unspecified atom stereocenters. The molecule has 1 aliphatic rings. The number of amides is 1. The van der Waals surface area contributed by atoms with Crippen molar-refractivity contribution in [3.05, 3.63) is 28.1 Å². The Morgan fingerprint density at radius 1 is 1.59 bits per heavy atom. The Morgan fingerprint density at radius 2 is 2.45 bits per heavy atom. The van der Waals surface area contributed by atoms with Crippen molar-refractivity contribution in [3.63, 3.8) is 0 Å². The normalized spacial score (nSPS) is 17.3. The lowest BCUT2D eigenvalue weighted by atomic mass is 10.1. The molecule has 0 aromatic carbocycles. The second-order valence-electron chi connectivity index (χ2n) is 5.06. The first-order valence-electron chi connectivity index (χ1n) is 7.08. The van der Waals surface area contributed by atoms with Gasteiger partial charge in [-0.2, -0.15) is 0 Å². The highest BCUT2D eigenvalue weighted by Crippen LogP contribution is 2.13. The maximum Gasteiger partial charge on any atom is 0.271 e. The summed E-state index contributed by atoms with van der Waals surface area (Å²) in [5.41, 5.74) is 1.47. The third-order valence-electron chi connectivity index (χ3n) is 3.48. The van der Waals surface area contributed by atoms with Crippen molar-refractivity contribution in [1.82, 2.24) is 14.9 Å². The van der Waals surface area contributed by atoms with Gasteiger partial charge in [-0.25, -0.2) is 4.98 Å².